The van der Waals surface area contributed by atoms with Crippen LogP contribution in [0, 0.1) is 5.82 Å². The summed E-state index contributed by atoms with van der Waals surface area (Å²) in [5, 5.41) is 15.7. The Balaban J connectivity index is 2.27. The monoisotopic (exact) mass is 221 g/mol. The van der Waals surface area contributed by atoms with Gasteiger partial charge < -0.3 is 9.67 Å². The van der Waals surface area contributed by atoms with Gasteiger partial charge in [0.05, 0.1) is 6.54 Å². The Morgan fingerprint density at radius 2 is 2.31 bits per heavy atom. The van der Waals surface area contributed by atoms with Gasteiger partial charge in [-0.25, -0.2) is 9.18 Å². The fourth-order valence-corrected chi connectivity index (χ4v) is 1.37. The molecule has 0 aliphatic carbocycles. The predicted octanol–water partition coefficient (Wildman–Crippen LogP) is 1.16. The molecule has 16 heavy (non-hydrogen) atoms. The Morgan fingerprint density at radius 3 is 3.00 bits per heavy atom. The normalized spacial score (nSPS) is 10.3. The molecule has 0 atom stereocenters. The van der Waals surface area contributed by atoms with Crippen LogP contribution in [0.3, 0.4) is 0 Å². The molecule has 2 rings (SSSR count). The van der Waals surface area contributed by atoms with E-state index in [0.29, 0.717) is 5.56 Å². The van der Waals surface area contributed by atoms with E-state index in [0.717, 1.165) is 0 Å². The van der Waals surface area contributed by atoms with E-state index < -0.39 is 5.97 Å². The molecule has 5 nitrogen and oxygen atoms in total. The number of rotatable bonds is 3. The first-order chi connectivity index (χ1) is 7.66. The Hall–Kier alpha value is -2.24. The lowest BCUT2D eigenvalue weighted by atomic mass is 10.2. The Kier molecular flexibility index (Phi) is 2.63. The quantitative estimate of drug-likeness (QED) is 0.844. The lowest BCUT2D eigenvalue weighted by molar-refractivity contribution is 0.0678. The van der Waals surface area contributed by atoms with Gasteiger partial charge in [0.15, 0.2) is 0 Å². The molecule has 0 aliphatic rings. The smallest absolute Gasteiger partial charge is 0.374 e. The van der Waals surface area contributed by atoms with Crippen LogP contribution in [0.15, 0.2) is 30.6 Å². The maximum absolute atomic E-state index is 12.9. The van der Waals surface area contributed by atoms with Crippen LogP contribution < -0.4 is 0 Å². The maximum Gasteiger partial charge on any atom is 0.374 e. The zero-order chi connectivity index (χ0) is 11.5. The van der Waals surface area contributed by atoms with Crippen molar-refractivity contribution in [2.24, 2.45) is 0 Å². The van der Waals surface area contributed by atoms with Gasteiger partial charge in [-0.15, -0.1) is 10.2 Å². The van der Waals surface area contributed by atoms with Gasteiger partial charge in [-0.1, -0.05) is 12.1 Å². The first-order valence-electron chi connectivity index (χ1n) is 4.52. The molecule has 0 amide bonds. The number of halogens is 1. The van der Waals surface area contributed by atoms with Crippen molar-refractivity contribution in [2.45, 2.75) is 6.54 Å². The molecule has 0 radical (unpaired) electrons. The number of hydrogen-bond donors (Lipinski definition) is 1. The number of aromatic carboxylic acids is 1. The summed E-state index contributed by atoms with van der Waals surface area (Å²) in [6.07, 6.45) is 1.30. The standard InChI is InChI=1S/C10H8FN3O2/c11-8-3-1-2-7(4-8)5-14-6-12-13-9(14)10(15)16/h1-4,6H,5H2,(H,15,16). The molecule has 0 bridgehead atoms. The third kappa shape index (κ3) is 2.05. The molecular formula is C10H8FN3O2. The van der Waals surface area contributed by atoms with Gasteiger partial charge in [0.25, 0.3) is 0 Å². The molecular weight excluding hydrogens is 213 g/mol. The molecule has 0 fully saturated rings. The number of hydrogen-bond acceptors (Lipinski definition) is 3. The van der Waals surface area contributed by atoms with Crippen molar-refractivity contribution < 1.29 is 14.3 Å². The number of carbonyl (C=O) groups is 1. The second-order valence-corrected chi connectivity index (χ2v) is 3.22. The third-order valence-electron chi connectivity index (χ3n) is 2.05. The Morgan fingerprint density at radius 1 is 1.50 bits per heavy atom. The second-order valence-electron chi connectivity index (χ2n) is 3.22. The van der Waals surface area contributed by atoms with Crippen LogP contribution in [-0.2, 0) is 6.54 Å². The van der Waals surface area contributed by atoms with E-state index >= 15 is 0 Å². The van der Waals surface area contributed by atoms with Gasteiger partial charge in [0.2, 0.25) is 5.82 Å². The topological polar surface area (TPSA) is 68.0 Å². The van der Waals surface area contributed by atoms with E-state index in [9.17, 15) is 9.18 Å². The molecule has 0 saturated carbocycles. The summed E-state index contributed by atoms with van der Waals surface area (Å²) in [5.41, 5.74) is 0.655. The van der Waals surface area contributed by atoms with Crippen LogP contribution in [0.2, 0.25) is 0 Å². The highest BCUT2D eigenvalue weighted by atomic mass is 19.1. The van der Waals surface area contributed by atoms with Crippen molar-refractivity contribution in [1.82, 2.24) is 14.8 Å². The summed E-state index contributed by atoms with van der Waals surface area (Å²) in [6, 6.07) is 5.93. The summed E-state index contributed by atoms with van der Waals surface area (Å²) in [6.45, 7) is 0.229. The van der Waals surface area contributed by atoms with Crippen LogP contribution in [0.4, 0.5) is 4.39 Å². The summed E-state index contributed by atoms with van der Waals surface area (Å²) in [7, 11) is 0. The van der Waals surface area contributed by atoms with Gasteiger partial charge in [-0.3, -0.25) is 0 Å². The van der Waals surface area contributed by atoms with E-state index in [1.165, 1.54) is 23.0 Å². The van der Waals surface area contributed by atoms with E-state index in [2.05, 4.69) is 10.2 Å². The highest BCUT2D eigenvalue weighted by Gasteiger charge is 2.12. The molecule has 1 heterocycles. The number of carboxylic acid groups (broad SMARTS) is 1. The third-order valence-corrected chi connectivity index (χ3v) is 2.05. The van der Waals surface area contributed by atoms with Crippen LogP contribution in [0.25, 0.3) is 0 Å². The first kappa shape index (κ1) is 10.3. The predicted molar refractivity (Wildman–Crippen MR) is 52.5 cm³/mol. The molecule has 0 unspecified atom stereocenters. The Labute approximate surface area is 90.2 Å². The summed E-state index contributed by atoms with van der Waals surface area (Å²) in [4.78, 5) is 10.7. The van der Waals surface area contributed by atoms with E-state index in [1.54, 1.807) is 12.1 Å². The van der Waals surface area contributed by atoms with Crippen molar-refractivity contribution in [1.29, 1.82) is 0 Å². The summed E-state index contributed by atoms with van der Waals surface area (Å²) < 4.78 is 14.2. The molecule has 1 aromatic heterocycles. The fourth-order valence-electron chi connectivity index (χ4n) is 1.37. The SMILES string of the molecule is O=C(O)c1nncn1Cc1cccc(F)c1. The fraction of sp³-hybridized carbons (Fsp3) is 0.100. The van der Waals surface area contributed by atoms with Crippen molar-refractivity contribution in [3.05, 3.63) is 47.8 Å². The molecule has 0 spiro atoms. The van der Waals surface area contributed by atoms with Gasteiger partial charge in [-0.2, -0.15) is 0 Å². The average molecular weight is 221 g/mol. The van der Waals surface area contributed by atoms with Gasteiger partial charge >= 0.3 is 5.97 Å². The molecule has 1 N–H and O–H groups in total. The highest BCUT2D eigenvalue weighted by molar-refractivity contribution is 5.83. The van der Waals surface area contributed by atoms with E-state index in [1.807, 2.05) is 0 Å². The minimum atomic E-state index is -1.16. The molecule has 2 aromatic rings. The van der Waals surface area contributed by atoms with Crippen molar-refractivity contribution in [3.63, 3.8) is 0 Å². The van der Waals surface area contributed by atoms with Crippen LogP contribution >= 0.6 is 0 Å². The van der Waals surface area contributed by atoms with Crippen molar-refractivity contribution in [3.8, 4) is 0 Å². The average Bonchev–Trinajstić information content (AvgIpc) is 2.66. The van der Waals surface area contributed by atoms with Crippen LogP contribution in [0.1, 0.15) is 16.2 Å². The molecule has 1 aromatic carbocycles. The van der Waals surface area contributed by atoms with Crippen molar-refractivity contribution >= 4 is 5.97 Å². The van der Waals surface area contributed by atoms with Crippen LogP contribution in [0.5, 0.6) is 0 Å². The van der Waals surface area contributed by atoms with E-state index in [4.69, 9.17) is 5.11 Å². The highest BCUT2D eigenvalue weighted by Crippen LogP contribution is 2.07. The summed E-state index contributed by atoms with van der Waals surface area (Å²) >= 11 is 0. The molecule has 82 valence electrons. The zero-order valence-electron chi connectivity index (χ0n) is 8.17. The first-order valence-corrected chi connectivity index (χ1v) is 4.52. The summed E-state index contributed by atoms with van der Waals surface area (Å²) in [5.74, 6) is -1.68. The second kappa shape index (κ2) is 4.09. The number of benzene rings is 1. The molecule has 0 aliphatic heterocycles. The minimum absolute atomic E-state index is 0.163. The lowest BCUT2D eigenvalue weighted by Crippen LogP contribution is -2.10. The van der Waals surface area contributed by atoms with Crippen molar-refractivity contribution in [2.75, 3.05) is 0 Å². The Bertz CT molecular complexity index is 524. The van der Waals surface area contributed by atoms with E-state index in [-0.39, 0.29) is 18.2 Å². The number of carboxylic acids is 1. The van der Waals surface area contributed by atoms with Gasteiger partial charge in [0, 0.05) is 0 Å². The van der Waals surface area contributed by atoms with Gasteiger partial charge in [-0.05, 0) is 17.7 Å². The lowest BCUT2D eigenvalue weighted by Gasteiger charge is -2.03. The molecule has 6 heteroatoms. The minimum Gasteiger partial charge on any atom is -0.475 e. The number of nitrogens with zero attached hydrogens (tertiary/aromatic N) is 3. The molecule has 0 saturated heterocycles. The largest absolute Gasteiger partial charge is 0.475 e. The number of aromatic nitrogens is 3. The van der Waals surface area contributed by atoms with Gasteiger partial charge in [0.1, 0.15) is 12.1 Å². The zero-order valence-corrected chi connectivity index (χ0v) is 8.17. The maximum atomic E-state index is 12.9. The van der Waals surface area contributed by atoms with Crippen LogP contribution in [-0.4, -0.2) is 25.8 Å².